The molecular weight excluding hydrogens is 512 g/mol. The molecule has 0 radical (unpaired) electrons. The van der Waals surface area contributed by atoms with Gasteiger partial charge in [0.05, 0.1) is 11.8 Å². The number of aliphatic hydroxyl groups is 1. The third-order valence-electron chi connectivity index (χ3n) is 9.11. The molecule has 1 amide bonds. The molecule has 3 aliphatic rings. The Kier molecular flexibility index (Phi) is 7.43. The lowest BCUT2D eigenvalue weighted by Gasteiger charge is -2.41. The highest BCUT2D eigenvalue weighted by atomic mass is 16.3. The second-order valence-electron chi connectivity index (χ2n) is 11.8. The van der Waals surface area contributed by atoms with Gasteiger partial charge in [0.1, 0.15) is 5.82 Å². The average molecular weight is 553 g/mol. The number of carbonyl (C=O) groups is 1. The van der Waals surface area contributed by atoms with E-state index in [1.165, 1.54) is 16.8 Å². The first kappa shape index (κ1) is 27.3. The van der Waals surface area contributed by atoms with E-state index in [-0.39, 0.29) is 23.3 Å². The van der Waals surface area contributed by atoms with Crippen LogP contribution in [0.4, 0.5) is 23.0 Å². The summed E-state index contributed by atoms with van der Waals surface area (Å²) in [6.45, 7) is 6.11. The Labute approximate surface area is 242 Å². The third kappa shape index (κ3) is 5.40. The topological polar surface area (TPSA) is 116 Å². The van der Waals surface area contributed by atoms with Gasteiger partial charge in [0.25, 0.3) is 5.91 Å². The predicted octanol–water partition coefficient (Wildman–Crippen LogP) is 5.47. The molecule has 0 bridgehead atoms. The molecular formula is C33H40N6O2. The zero-order chi connectivity index (χ0) is 28.6. The van der Waals surface area contributed by atoms with Crippen LogP contribution in [-0.2, 0) is 11.8 Å². The molecule has 41 heavy (non-hydrogen) atoms. The summed E-state index contributed by atoms with van der Waals surface area (Å²) in [7, 11) is 0. The second-order valence-corrected chi connectivity index (χ2v) is 11.8. The second kappa shape index (κ2) is 11.2. The normalized spacial score (nSPS) is 21.1. The number of amides is 1. The van der Waals surface area contributed by atoms with Crippen LogP contribution in [0.2, 0.25) is 0 Å². The van der Waals surface area contributed by atoms with Crippen molar-refractivity contribution < 1.29 is 9.90 Å². The number of hydrogen-bond donors (Lipinski definition) is 4. The molecule has 6 rings (SSSR count). The number of nitrogens with one attached hydrogen (secondary N) is 2. The monoisotopic (exact) mass is 552 g/mol. The molecule has 214 valence electrons. The zero-order valence-corrected chi connectivity index (χ0v) is 24.0. The van der Waals surface area contributed by atoms with Gasteiger partial charge in [-0.1, -0.05) is 43.3 Å². The molecule has 1 spiro atoms. The number of carbonyl (C=O) groups excluding carboxylic acids is 1. The SMILES string of the molecule is CCc1nc(C(N)=O)c(Nc2ccc(N3CCC4(C=Cc5ccccc54)CC3)c(C)c2)nc1NC1CCC(O)CC1. The molecule has 8 nitrogen and oxygen atoms in total. The number of primary amides is 1. The van der Waals surface area contributed by atoms with Crippen LogP contribution in [0.3, 0.4) is 0 Å². The van der Waals surface area contributed by atoms with E-state index >= 15 is 0 Å². The highest BCUT2D eigenvalue weighted by Gasteiger charge is 2.38. The molecule has 2 aromatic carbocycles. The number of nitrogens with two attached hydrogens (primary N) is 1. The summed E-state index contributed by atoms with van der Waals surface area (Å²) in [6, 6.07) is 15.3. The number of aryl methyl sites for hydroxylation is 2. The molecule has 2 fully saturated rings. The number of allylic oxidation sites excluding steroid dienone is 1. The number of piperidine rings is 1. The fourth-order valence-corrected chi connectivity index (χ4v) is 6.75. The molecule has 8 heteroatoms. The molecule has 2 heterocycles. The van der Waals surface area contributed by atoms with Gasteiger partial charge < -0.3 is 26.4 Å². The molecule has 1 aromatic heterocycles. The Morgan fingerprint density at radius 1 is 1.07 bits per heavy atom. The molecule has 2 aliphatic carbocycles. The van der Waals surface area contributed by atoms with Gasteiger partial charge in [-0.3, -0.25) is 4.79 Å². The van der Waals surface area contributed by atoms with Gasteiger partial charge >= 0.3 is 0 Å². The molecule has 0 atom stereocenters. The highest BCUT2D eigenvalue weighted by Crippen LogP contribution is 2.44. The Bertz CT molecular complexity index is 1470. The molecule has 1 aliphatic heterocycles. The van der Waals surface area contributed by atoms with E-state index in [0.29, 0.717) is 23.8 Å². The first-order valence-corrected chi connectivity index (χ1v) is 14.9. The number of nitrogens with zero attached hydrogens (tertiary/aromatic N) is 3. The van der Waals surface area contributed by atoms with Crippen LogP contribution in [0.25, 0.3) is 6.08 Å². The fourth-order valence-electron chi connectivity index (χ4n) is 6.75. The lowest BCUT2D eigenvalue weighted by molar-refractivity contribution is 0.0996. The quantitative estimate of drug-likeness (QED) is 0.307. The van der Waals surface area contributed by atoms with E-state index in [1.807, 2.05) is 13.0 Å². The fraction of sp³-hybridized carbons (Fsp3) is 0.424. The van der Waals surface area contributed by atoms with Crippen molar-refractivity contribution in [2.75, 3.05) is 28.6 Å². The van der Waals surface area contributed by atoms with Gasteiger partial charge in [-0.15, -0.1) is 0 Å². The van der Waals surface area contributed by atoms with Gasteiger partial charge in [-0.2, -0.15) is 0 Å². The molecule has 0 unspecified atom stereocenters. The summed E-state index contributed by atoms with van der Waals surface area (Å²) in [4.78, 5) is 24.2. The van der Waals surface area contributed by atoms with Crippen molar-refractivity contribution in [3.05, 3.63) is 76.6 Å². The number of aliphatic hydroxyl groups excluding tert-OH is 1. The van der Waals surface area contributed by atoms with Gasteiger partial charge in [-0.05, 0) is 86.8 Å². The van der Waals surface area contributed by atoms with Crippen molar-refractivity contribution in [2.45, 2.75) is 76.4 Å². The third-order valence-corrected chi connectivity index (χ3v) is 9.11. The Balaban J connectivity index is 1.19. The molecule has 3 aromatic rings. The molecule has 5 N–H and O–H groups in total. The summed E-state index contributed by atoms with van der Waals surface area (Å²) in [6.07, 6.45) is 10.6. The maximum Gasteiger partial charge on any atom is 0.271 e. The summed E-state index contributed by atoms with van der Waals surface area (Å²) in [5.41, 5.74) is 12.8. The van der Waals surface area contributed by atoms with Crippen LogP contribution >= 0.6 is 0 Å². The van der Waals surface area contributed by atoms with Crippen molar-refractivity contribution in [3.8, 4) is 0 Å². The maximum absolute atomic E-state index is 12.3. The van der Waals surface area contributed by atoms with E-state index in [9.17, 15) is 9.90 Å². The van der Waals surface area contributed by atoms with E-state index < -0.39 is 5.91 Å². The minimum atomic E-state index is -0.611. The van der Waals surface area contributed by atoms with Crippen molar-refractivity contribution in [2.24, 2.45) is 5.73 Å². The average Bonchev–Trinajstić information content (AvgIpc) is 3.33. The largest absolute Gasteiger partial charge is 0.393 e. The van der Waals surface area contributed by atoms with Crippen LogP contribution < -0.4 is 21.3 Å². The zero-order valence-electron chi connectivity index (χ0n) is 24.0. The number of rotatable bonds is 7. The number of fused-ring (bicyclic) bond motifs is 2. The van der Waals surface area contributed by atoms with Crippen LogP contribution in [0.1, 0.15) is 78.3 Å². The van der Waals surface area contributed by atoms with E-state index in [0.717, 1.165) is 62.9 Å². The lowest BCUT2D eigenvalue weighted by atomic mass is 9.74. The number of benzene rings is 2. The standard InChI is InChI=1S/C33H40N6O2/c1-3-27-31(35-23-8-11-25(40)12-9-23)38-32(29(37-27)30(34)41)36-24-10-13-28(21(2)20-24)39-18-16-33(17-19-39)15-14-22-6-4-5-7-26(22)33/h4-7,10,13-15,20,23,25,40H,3,8-9,11-12,16-19H2,1-2H3,(H2,34,41)(H2,35,36,38). The summed E-state index contributed by atoms with van der Waals surface area (Å²) < 4.78 is 0. The summed E-state index contributed by atoms with van der Waals surface area (Å²) >= 11 is 0. The van der Waals surface area contributed by atoms with E-state index in [2.05, 4.69) is 76.0 Å². The van der Waals surface area contributed by atoms with Crippen molar-refractivity contribution in [1.29, 1.82) is 0 Å². The van der Waals surface area contributed by atoms with Gasteiger partial charge in [-0.25, -0.2) is 9.97 Å². The number of aromatic nitrogens is 2. The predicted molar refractivity (Wildman–Crippen MR) is 165 cm³/mol. The van der Waals surface area contributed by atoms with Gasteiger partial charge in [0, 0.05) is 35.9 Å². The smallest absolute Gasteiger partial charge is 0.271 e. The lowest BCUT2D eigenvalue weighted by Crippen LogP contribution is -2.41. The summed E-state index contributed by atoms with van der Waals surface area (Å²) in [5.74, 6) is 0.409. The molecule has 1 saturated carbocycles. The van der Waals surface area contributed by atoms with Crippen molar-refractivity contribution in [3.63, 3.8) is 0 Å². The van der Waals surface area contributed by atoms with Crippen molar-refractivity contribution >= 4 is 35.0 Å². The van der Waals surface area contributed by atoms with Crippen molar-refractivity contribution in [1.82, 2.24) is 9.97 Å². The minimum Gasteiger partial charge on any atom is -0.393 e. The highest BCUT2D eigenvalue weighted by molar-refractivity contribution is 5.96. The first-order valence-electron chi connectivity index (χ1n) is 14.9. The maximum atomic E-state index is 12.3. The van der Waals surface area contributed by atoms with Gasteiger partial charge in [0.15, 0.2) is 11.5 Å². The minimum absolute atomic E-state index is 0.138. The summed E-state index contributed by atoms with van der Waals surface area (Å²) in [5, 5.41) is 16.7. The van der Waals surface area contributed by atoms with Crippen LogP contribution in [-0.4, -0.2) is 46.2 Å². The Morgan fingerprint density at radius 2 is 1.83 bits per heavy atom. The van der Waals surface area contributed by atoms with E-state index in [1.54, 1.807) is 0 Å². The Morgan fingerprint density at radius 3 is 2.54 bits per heavy atom. The first-order chi connectivity index (χ1) is 19.8. The van der Waals surface area contributed by atoms with E-state index in [4.69, 9.17) is 10.7 Å². The molecule has 1 saturated heterocycles. The number of anilines is 4. The van der Waals surface area contributed by atoms with Gasteiger partial charge in [0.2, 0.25) is 0 Å². The number of hydrogen-bond acceptors (Lipinski definition) is 7. The Hall–Kier alpha value is -3.91. The van der Waals surface area contributed by atoms with Crippen LogP contribution in [0.15, 0.2) is 48.5 Å². The van der Waals surface area contributed by atoms with Crippen LogP contribution in [0.5, 0.6) is 0 Å². The van der Waals surface area contributed by atoms with Crippen LogP contribution in [0, 0.1) is 6.92 Å².